The Morgan fingerprint density at radius 1 is 0.626 bits per heavy atom. The first-order valence-corrected chi connectivity index (χ1v) is 40.3. The number of ether oxygens (including phenoxy) is 12. The van der Waals surface area contributed by atoms with Crippen molar-refractivity contribution in [2.45, 2.75) is 313 Å². The highest BCUT2D eigenvalue weighted by atomic mass is 16.8. The fraction of sp³-hybridized carbons (Fsp3) is 0.738. The maximum absolute atomic E-state index is 15.4. The van der Waals surface area contributed by atoms with Crippen molar-refractivity contribution in [3.05, 3.63) is 75.2 Å². The molecule has 0 radical (unpaired) electrons. The van der Waals surface area contributed by atoms with Crippen LogP contribution in [-0.4, -0.2) is 274 Å². The average molecular weight is 1630 g/mol. The van der Waals surface area contributed by atoms with Crippen LogP contribution in [0.25, 0.3) is 28.2 Å². The summed E-state index contributed by atoms with van der Waals surface area (Å²) in [5, 5.41) is 174. The van der Waals surface area contributed by atoms with E-state index in [1.165, 1.54) is 26.2 Å². The number of carbonyl (C=O) groups is 1. The Labute approximate surface area is 667 Å². The van der Waals surface area contributed by atoms with Gasteiger partial charge in [-0.15, -0.1) is 0 Å². The molecule has 2 aromatic carbocycles. The van der Waals surface area contributed by atoms with Crippen molar-refractivity contribution < 1.29 is 148 Å². The molecule has 3 aromatic rings. The van der Waals surface area contributed by atoms with Crippen LogP contribution in [0.1, 0.15) is 159 Å². The van der Waals surface area contributed by atoms with Crippen LogP contribution in [0.5, 0.6) is 23.0 Å². The van der Waals surface area contributed by atoms with Crippen molar-refractivity contribution in [1.82, 2.24) is 0 Å². The quantitative estimate of drug-likeness (QED) is 0.0447. The molecule has 6 aliphatic heterocycles. The number of allylic oxidation sites excluding steroid dienone is 4. The van der Waals surface area contributed by atoms with Crippen molar-refractivity contribution in [2.75, 3.05) is 26.9 Å². The second-order valence-corrected chi connectivity index (χ2v) is 36.9. The van der Waals surface area contributed by atoms with Crippen LogP contribution in [-0.2, 0) is 58.6 Å². The summed E-state index contributed by atoms with van der Waals surface area (Å²) in [6.07, 6.45) is -22.9. The van der Waals surface area contributed by atoms with Gasteiger partial charge < -0.3 is 143 Å². The first-order chi connectivity index (χ1) is 53.9. The van der Waals surface area contributed by atoms with Gasteiger partial charge in [-0.3, -0.25) is 4.79 Å². The largest absolute Gasteiger partial charge is 0.508 e. The van der Waals surface area contributed by atoms with E-state index in [9.17, 15) is 86.5 Å². The third kappa shape index (κ3) is 15.4. The third-order valence-corrected chi connectivity index (χ3v) is 28.1. The lowest BCUT2D eigenvalue weighted by Gasteiger charge is -2.71. The number of methoxy groups -OCH3 is 1. The Morgan fingerprint density at radius 3 is 1.83 bits per heavy atom. The van der Waals surface area contributed by atoms with E-state index in [1.54, 1.807) is 19.1 Å². The molecule has 16 N–H and O–H groups in total. The smallest absolute Gasteiger partial charge is 0.348 e. The van der Waals surface area contributed by atoms with Gasteiger partial charge in [0.25, 0.3) is 0 Å². The van der Waals surface area contributed by atoms with Gasteiger partial charge in [0.05, 0.1) is 56.9 Å². The molecule has 0 bridgehead atoms. The van der Waals surface area contributed by atoms with Gasteiger partial charge in [-0.1, -0.05) is 83.9 Å². The number of carbonyl (C=O) groups excluding carboxylic acids is 1. The van der Waals surface area contributed by atoms with Crippen LogP contribution in [0.4, 0.5) is 0 Å². The lowest BCUT2D eigenvalue weighted by atomic mass is 9.33. The standard InChI is InChI=1S/C58H94O25.C26H26O6/c1-23-44(80-47-40(69)34(63)27(60)21-74-47)38(67)42(71)48(76-23)79-33-13-14-55(7)30(54(33,5)6)12-15-56(8)31(55)11-10-25-26-18-53(3,4)16-17-58(26,32(62)19-57(25,56)9)52(73)83-51-46(35(64)28(61)22-75-51)82-49-43(72)39(68)45(24(2)77-49)81-50-41(70)37(66)36(65)29(20-59)78-50;1-14(2)6-11-17-22-18(12-13-26(3,4)32-22)24-20(23(17)30-5)21(28)19(25(29)31-24)15-7-9-16(27)10-8-15/h10,23-24,26-51,59-72H,11-22H2,1-9H3;6-10,12-13,27-28H,11H2,1-5H3. The minimum absolute atomic E-state index is 0.00458. The molecular formula is C84H120O31. The number of hydrogen-bond acceptors (Lipinski definition) is 31. The third-order valence-electron chi connectivity index (χ3n) is 28.1. The molecule has 31 heteroatoms. The highest BCUT2D eigenvalue weighted by Crippen LogP contribution is 2.76. The van der Waals surface area contributed by atoms with Crippen LogP contribution in [0.2, 0.25) is 0 Å². The van der Waals surface area contributed by atoms with Crippen molar-refractivity contribution in [3.63, 3.8) is 0 Å². The molecule has 115 heavy (non-hydrogen) atoms. The Morgan fingerprint density at radius 2 is 1.21 bits per heavy atom. The monoisotopic (exact) mass is 1620 g/mol. The topological polar surface area (TPSA) is 482 Å². The second-order valence-electron chi connectivity index (χ2n) is 36.9. The van der Waals surface area contributed by atoms with Crippen LogP contribution < -0.4 is 15.1 Å². The molecule has 0 spiro atoms. The van der Waals surface area contributed by atoms with Crippen molar-refractivity contribution in [2.24, 2.45) is 50.2 Å². The summed E-state index contributed by atoms with van der Waals surface area (Å²) in [5.74, 6) is -0.224. The normalized spacial score (nSPS) is 43.7. The zero-order valence-electron chi connectivity index (χ0n) is 67.8. The number of hydrogen-bond donors (Lipinski definition) is 16. The van der Waals surface area contributed by atoms with E-state index in [1.807, 2.05) is 39.8 Å². The van der Waals surface area contributed by atoms with Gasteiger partial charge in [0.1, 0.15) is 137 Å². The number of fused-ring (bicyclic) bond motifs is 10. The fourth-order valence-electron chi connectivity index (χ4n) is 21.4. The van der Waals surface area contributed by atoms with Gasteiger partial charge >= 0.3 is 11.6 Å². The maximum Gasteiger partial charge on any atom is 0.348 e. The van der Waals surface area contributed by atoms with E-state index in [4.69, 9.17) is 61.3 Å². The van der Waals surface area contributed by atoms with Crippen LogP contribution in [0, 0.1) is 50.2 Å². The summed E-state index contributed by atoms with van der Waals surface area (Å²) in [5.41, 5.74) is -0.424. The molecule has 642 valence electrons. The Bertz CT molecular complexity index is 4150. The van der Waals surface area contributed by atoms with Gasteiger partial charge in [0, 0.05) is 5.56 Å². The molecule has 1 aromatic heterocycles. The van der Waals surface area contributed by atoms with E-state index in [0.29, 0.717) is 60.1 Å². The molecule has 11 aliphatic rings. The predicted octanol–water partition coefficient (Wildman–Crippen LogP) is 3.67. The van der Waals surface area contributed by atoms with E-state index in [-0.39, 0.29) is 70.2 Å². The number of phenolic OH excluding ortho intramolecular Hbond substituents is 1. The van der Waals surface area contributed by atoms with Gasteiger partial charge in [-0.25, -0.2) is 4.79 Å². The highest BCUT2D eigenvalue weighted by Gasteiger charge is 2.72. The van der Waals surface area contributed by atoms with Crippen molar-refractivity contribution in [3.8, 4) is 34.1 Å². The number of aromatic hydroxyl groups is 2. The van der Waals surface area contributed by atoms with Crippen molar-refractivity contribution >= 4 is 23.0 Å². The minimum atomic E-state index is -1.93. The van der Waals surface area contributed by atoms with Gasteiger partial charge in [0.15, 0.2) is 36.8 Å². The minimum Gasteiger partial charge on any atom is -0.508 e. The molecule has 5 saturated heterocycles. The SMILES string of the molecule is CC1OC(OC2CCC3(C)C(CCC4(C)C3CC=C3C5CC(C)(C)CCC5(C(=O)OC5OCC(O)C(O)C5OC5OC(C)C(OC6OC(CO)C(O)C(O)C6O)C(O)C5O)C(O)CC34C)C2(C)C)C(O)C(O)C1OC1OCC(O)C(O)C1O.COc1c(CC=C(C)C)c2c(c3oc(=O)c(-c4ccc(O)cc4)c(O)c13)C=CC(C)(C)O2. The van der Waals surface area contributed by atoms with Crippen LogP contribution >= 0.6 is 0 Å². The van der Waals surface area contributed by atoms with E-state index in [2.05, 4.69) is 60.6 Å². The zero-order chi connectivity index (χ0) is 83.8. The lowest BCUT2D eigenvalue weighted by molar-refractivity contribution is -0.374. The molecule has 7 heterocycles. The summed E-state index contributed by atoms with van der Waals surface area (Å²) >= 11 is 0. The van der Waals surface area contributed by atoms with Crippen molar-refractivity contribution in [1.29, 1.82) is 0 Å². The summed E-state index contributed by atoms with van der Waals surface area (Å²) < 4.78 is 77.4. The molecule has 32 unspecified atom stereocenters. The lowest BCUT2D eigenvalue weighted by Crippen LogP contribution is -2.68. The number of benzene rings is 2. The number of rotatable bonds is 15. The molecule has 4 saturated carbocycles. The second kappa shape index (κ2) is 32.5. The number of aliphatic hydroxyl groups excluding tert-OH is 14. The fourth-order valence-corrected chi connectivity index (χ4v) is 21.4. The number of esters is 1. The summed E-state index contributed by atoms with van der Waals surface area (Å²) in [7, 11) is 1.52. The average Bonchev–Trinajstić information content (AvgIpc) is 0.670. The number of phenols is 1. The summed E-state index contributed by atoms with van der Waals surface area (Å²) in [6, 6.07) is 5.99. The molecule has 0 amide bonds. The molecule has 31 nitrogen and oxygen atoms in total. The molecule has 5 aliphatic carbocycles. The first kappa shape index (κ1) is 87.4. The van der Waals surface area contributed by atoms with Gasteiger partial charge in [0.2, 0.25) is 6.29 Å². The van der Waals surface area contributed by atoms with E-state index >= 15 is 4.79 Å². The Kier molecular flexibility index (Phi) is 24.7. The Hall–Kier alpha value is -5.38. The van der Waals surface area contributed by atoms with Crippen LogP contribution in [0.3, 0.4) is 0 Å². The van der Waals surface area contributed by atoms with E-state index < -0.39 is 206 Å². The van der Waals surface area contributed by atoms with Gasteiger partial charge in [-0.2, -0.15) is 0 Å². The predicted molar refractivity (Wildman–Crippen MR) is 407 cm³/mol. The molecule has 14 rings (SSSR count). The number of aliphatic hydroxyl groups is 14. The molecule has 32 atom stereocenters. The molecule has 9 fully saturated rings. The maximum atomic E-state index is 15.4. The van der Waals surface area contributed by atoms with E-state index in [0.717, 1.165) is 36.0 Å². The highest BCUT2D eigenvalue weighted by molar-refractivity contribution is 6.02. The molecular weight excluding hydrogens is 1500 g/mol. The zero-order valence-corrected chi connectivity index (χ0v) is 67.8. The summed E-state index contributed by atoms with van der Waals surface area (Å²) in [4.78, 5) is 28.3. The summed E-state index contributed by atoms with van der Waals surface area (Å²) in [6.45, 7) is 25.1. The van der Waals surface area contributed by atoms with Crippen LogP contribution in [0.15, 0.2) is 62.9 Å². The Balaban J connectivity index is 0.000000299. The van der Waals surface area contributed by atoms with Gasteiger partial charge in [-0.05, 0) is 180 Å². The first-order valence-electron chi connectivity index (χ1n) is 40.3.